The van der Waals surface area contributed by atoms with Gasteiger partial charge in [-0.1, -0.05) is 6.08 Å². The van der Waals surface area contributed by atoms with Crippen molar-refractivity contribution in [2.45, 2.75) is 0 Å². The standard InChI is InChI=1S/C16H17N5O2S/c1-2-6-18-16(22)19-8-7-17-15-20-11-5-10-24-14(11)13(21-15)12-4-3-9-23-12/h2-5,9-10H,1,6-8H2,(H,17,20,21)(H2,18,19,22). The van der Waals surface area contributed by atoms with Crippen molar-refractivity contribution in [2.75, 3.05) is 25.0 Å². The van der Waals surface area contributed by atoms with Gasteiger partial charge in [-0.05, 0) is 23.6 Å². The molecular formula is C16H17N5O2S. The molecule has 3 heterocycles. The third-order valence-electron chi connectivity index (χ3n) is 3.16. The van der Waals surface area contributed by atoms with Crippen molar-refractivity contribution in [2.24, 2.45) is 0 Å². The lowest BCUT2D eigenvalue weighted by Crippen LogP contribution is -2.38. The number of carbonyl (C=O) groups is 1. The molecule has 0 bridgehead atoms. The second-order valence-corrected chi connectivity index (χ2v) is 5.78. The van der Waals surface area contributed by atoms with Crippen LogP contribution in [0.2, 0.25) is 0 Å². The Labute approximate surface area is 142 Å². The number of thiophene rings is 1. The van der Waals surface area contributed by atoms with Crippen molar-refractivity contribution in [1.82, 2.24) is 20.6 Å². The predicted molar refractivity (Wildman–Crippen MR) is 95.2 cm³/mol. The number of carbonyl (C=O) groups excluding carboxylic acids is 1. The van der Waals surface area contributed by atoms with Gasteiger partial charge in [0, 0.05) is 19.6 Å². The molecule has 0 saturated carbocycles. The minimum atomic E-state index is -0.234. The number of nitrogens with one attached hydrogen (secondary N) is 3. The Morgan fingerprint density at radius 2 is 2.21 bits per heavy atom. The molecule has 3 N–H and O–H groups in total. The van der Waals surface area contributed by atoms with E-state index in [2.05, 4.69) is 32.5 Å². The normalized spacial score (nSPS) is 10.5. The van der Waals surface area contributed by atoms with Gasteiger partial charge in [0.15, 0.2) is 5.76 Å². The Balaban J connectivity index is 1.65. The van der Waals surface area contributed by atoms with Crippen molar-refractivity contribution in [3.63, 3.8) is 0 Å². The summed E-state index contributed by atoms with van der Waals surface area (Å²) in [5, 5.41) is 10.5. The Morgan fingerprint density at radius 3 is 3.00 bits per heavy atom. The van der Waals surface area contributed by atoms with E-state index in [4.69, 9.17) is 4.42 Å². The summed E-state index contributed by atoms with van der Waals surface area (Å²) >= 11 is 1.57. The topological polar surface area (TPSA) is 92.1 Å². The van der Waals surface area contributed by atoms with E-state index in [-0.39, 0.29) is 6.03 Å². The molecule has 0 saturated heterocycles. The zero-order chi connectivity index (χ0) is 16.8. The molecule has 3 aromatic heterocycles. The van der Waals surface area contributed by atoms with Crippen LogP contribution in [0.3, 0.4) is 0 Å². The molecule has 0 aliphatic rings. The number of hydrogen-bond donors (Lipinski definition) is 3. The van der Waals surface area contributed by atoms with Crippen molar-refractivity contribution in [1.29, 1.82) is 0 Å². The van der Waals surface area contributed by atoms with Gasteiger partial charge in [0.25, 0.3) is 0 Å². The van der Waals surface area contributed by atoms with Gasteiger partial charge >= 0.3 is 6.03 Å². The highest BCUT2D eigenvalue weighted by atomic mass is 32.1. The monoisotopic (exact) mass is 343 g/mol. The molecule has 2 amide bonds. The molecule has 0 atom stereocenters. The molecule has 0 aliphatic carbocycles. The number of aromatic nitrogens is 2. The highest BCUT2D eigenvalue weighted by Gasteiger charge is 2.13. The van der Waals surface area contributed by atoms with E-state index in [0.29, 0.717) is 31.3 Å². The van der Waals surface area contributed by atoms with Crippen LogP contribution in [0.15, 0.2) is 46.9 Å². The van der Waals surface area contributed by atoms with E-state index in [1.807, 2.05) is 23.6 Å². The Hall–Kier alpha value is -2.87. The van der Waals surface area contributed by atoms with Gasteiger partial charge in [0.2, 0.25) is 5.95 Å². The van der Waals surface area contributed by atoms with E-state index < -0.39 is 0 Å². The number of nitrogens with zero attached hydrogens (tertiary/aromatic N) is 2. The fourth-order valence-electron chi connectivity index (χ4n) is 2.10. The second-order valence-electron chi connectivity index (χ2n) is 4.86. The smallest absolute Gasteiger partial charge is 0.315 e. The van der Waals surface area contributed by atoms with Crippen LogP contribution in [0.1, 0.15) is 0 Å². The summed E-state index contributed by atoms with van der Waals surface area (Å²) in [6, 6.07) is 5.41. The van der Waals surface area contributed by atoms with Crippen LogP contribution in [0.25, 0.3) is 21.7 Å². The van der Waals surface area contributed by atoms with Crippen LogP contribution < -0.4 is 16.0 Å². The zero-order valence-electron chi connectivity index (χ0n) is 12.9. The lowest BCUT2D eigenvalue weighted by molar-refractivity contribution is 0.242. The molecule has 0 unspecified atom stereocenters. The van der Waals surface area contributed by atoms with Gasteiger partial charge in [-0.3, -0.25) is 0 Å². The zero-order valence-corrected chi connectivity index (χ0v) is 13.7. The minimum Gasteiger partial charge on any atom is -0.463 e. The van der Waals surface area contributed by atoms with Gasteiger partial charge in [-0.25, -0.2) is 14.8 Å². The van der Waals surface area contributed by atoms with Gasteiger partial charge < -0.3 is 20.4 Å². The SMILES string of the molecule is C=CCNC(=O)NCCNc1nc(-c2ccco2)c2sccc2n1. The first-order valence-electron chi connectivity index (χ1n) is 7.43. The fourth-order valence-corrected chi connectivity index (χ4v) is 2.93. The number of rotatable bonds is 7. The molecule has 0 aromatic carbocycles. The predicted octanol–water partition coefficient (Wildman–Crippen LogP) is 2.85. The molecule has 3 aromatic rings. The summed E-state index contributed by atoms with van der Waals surface area (Å²) in [5.41, 5.74) is 1.62. The number of fused-ring (bicyclic) bond motifs is 1. The second kappa shape index (κ2) is 7.60. The van der Waals surface area contributed by atoms with Gasteiger partial charge in [0.1, 0.15) is 5.69 Å². The Kier molecular flexibility index (Phi) is 5.07. The number of hydrogen-bond acceptors (Lipinski definition) is 6. The maximum atomic E-state index is 11.4. The Bertz CT molecular complexity index is 828. The van der Waals surface area contributed by atoms with E-state index in [0.717, 1.165) is 15.9 Å². The van der Waals surface area contributed by atoms with E-state index in [9.17, 15) is 4.79 Å². The van der Waals surface area contributed by atoms with Crippen molar-refractivity contribution < 1.29 is 9.21 Å². The lowest BCUT2D eigenvalue weighted by atomic mass is 10.3. The van der Waals surface area contributed by atoms with Crippen LogP contribution in [0.5, 0.6) is 0 Å². The molecule has 0 fully saturated rings. The molecule has 124 valence electrons. The summed E-state index contributed by atoms with van der Waals surface area (Å²) in [6.07, 6.45) is 3.24. The molecule has 3 rings (SSSR count). The van der Waals surface area contributed by atoms with E-state index >= 15 is 0 Å². The third-order valence-corrected chi connectivity index (χ3v) is 4.07. The highest BCUT2D eigenvalue weighted by molar-refractivity contribution is 7.17. The molecule has 0 aliphatic heterocycles. The summed E-state index contributed by atoms with van der Waals surface area (Å²) in [4.78, 5) is 20.4. The highest BCUT2D eigenvalue weighted by Crippen LogP contribution is 2.31. The van der Waals surface area contributed by atoms with Crippen molar-refractivity contribution in [3.05, 3.63) is 42.5 Å². The third kappa shape index (κ3) is 3.72. The van der Waals surface area contributed by atoms with Gasteiger partial charge in [-0.2, -0.15) is 0 Å². The van der Waals surface area contributed by atoms with Crippen LogP contribution in [0.4, 0.5) is 10.7 Å². The van der Waals surface area contributed by atoms with Crippen molar-refractivity contribution >= 4 is 33.5 Å². The lowest BCUT2D eigenvalue weighted by Gasteiger charge is -2.08. The van der Waals surface area contributed by atoms with E-state index in [1.54, 1.807) is 23.7 Å². The molecule has 7 nitrogen and oxygen atoms in total. The largest absolute Gasteiger partial charge is 0.463 e. The minimum absolute atomic E-state index is 0.234. The summed E-state index contributed by atoms with van der Waals surface area (Å²) < 4.78 is 6.45. The van der Waals surface area contributed by atoms with Crippen LogP contribution >= 0.6 is 11.3 Å². The maximum Gasteiger partial charge on any atom is 0.315 e. The summed E-state index contributed by atoms with van der Waals surface area (Å²) in [6.45, 7) is 4.93. The molecular weight excluding hydrogens is 326 g/mol. The average molecular weight is 343 g/mol. The summed E-state index contributed by atoms with van der Waals surface area (Å²) in [7, 11) is 0. The maximum absolute atomic E-state index is 11.4. The van der Waals surface area contributed by atoms with Crippen LogP contribution in [-0.2, 0) is 0 Å². The van der Waals surface area contributed by atoms with E-state index in [1.165, 1.54) is 0 Å². The van der Waals surface area contributed by atoms with Gasteiger partial charge in [-0.15, -0.1) is 17.9 Å². The average Bonchev–Trinajstić information content (AvgIpc) is 3.27. The number of anilines is 1. The van der Waals surface area contributed by atoms with Gasteiger partial charge in [0.05, 0.1) is 16.5 Å². The molecule has 0 spiro atoms. The summed E-state index contributed by atoms with van der Waals surface area (Å²) in [5.74, 6) is 1.20. The Morgan fingerprint density at radius 1 is 1.29 bits per heavy atom. The first-order chi connectivity index (χ1) is 11.8. The number of amides is 2. The van der Waals surface area contributed by atoms with Crippen LogP contribution in [-0.4, -0.2) is 35.6 Å². The quantitative estimate of drug-likeness (QED) is 0.453. The van der Waals surface area contributed by atoms with Crippen LogP contribution in [0, 0.1) is 0 Å². The molecule has 0 radical (unpaired) electrons. The number of furan rings is 1. The van der Waals surface area contributed by atoms with Crippen molar-refractivity contribution in [3.8, 4) is 11.5 Å². The number of urea groups is 1. The first kappa shape index (κ1) is 16.0. The fraction of sp³-hybridized carbons (Fsp3) is 0.188. The first-order valence-corrected chi connectivity index (χ1v) is 8.31. The molecule has 24 heavy (non-hydrogen) atoms. The molecule has 8 heteroatoms.